The van der Waals surface area contributed by atoms with Crippen molar-refractivity contribution in [2.24, 2.45) is 7.05 Å². The fourth-order valence-corrected chi connectivity index (χ4v) is 5.28. The van der Waals surface area contributed by atoms with E-state index in [1.54, 1.807) is 43.0 Å². The first kappa shape index (κ1) is 21.1. The molecule has 0 aliphatic carbocycles. The lowest BCUT2D eigenvalue weighted by Gasteiger charge is -2.20. The van der Waals surface area contributed by atoms with Gasteiger partial charge in [0.1, 0.15) is 5.75 Å². The highest BCUT2D eigenvalue weighted by molar-refractivity contribution is 7.89. The Kier molecular flexibility index (Phi) is 5.79. The van der Waals surface area contributed by atoms with Gasteiger partial charge in [-0.05, 0) is 23.8 Å². The molecule has 1 aliphatic heterocycles. The van der Waals surface area contributed by atoms with Gasteiger partial charge in [0.15, 0.2) is 5.03 Å². The van der Waals surface area contributed by atoms with Gasteiger partial charge in [-0.15, -0.1) is 0 Å². The van der Waals surface area contributed by atoms with Crippen LogP contribution in [0.1, 0.15) is 21.8 Å². The van der Waals surface area contributed by atoms with Gasteiger partial charge < -0.3 is 14.6 Å². The molecule has 0 spiro atoms. The maximum absolute atomic E-state index is 13.1. The monoisotopic (exact) mass is 440 g/mol. The third-order valence-corrected chi connectivity index (χ3v) is 7.17. The van der Waals surface area contributed by atoms with Crippen LogP contribution in [0.4, 0.5) is 0 Å². The molecule has 9 heteroatoms. The zero-order chi connectivity index (χ0) is 22.0. The van der Waals surface area contributed by atoms with Gasteiger partial charge in [-0.1, -0.05) is 36.4 Å². The van der Waals surface area contributed by atoms with Crippen LogP contribution in [0, 0.1) is 0 Å². The number of hydrogen-bond donors (Lipinski definition) is 1. The first-order valence-electron chi connectivity index (χ1n) is 9.86. The van der Waals surface area contributed by atoms with Crippen molar-refractivity contribution < 1.29 is 17.9 Å². The lowest BCUT2D eigenvalue weighted by Crippen LogP contribution is -2.40. The Morgan fingerprint density at radius 1 is 1.13 bits per heavy atom. The molecular weight excluding hydrogens is 416 g/mol. The standard InChI is InChI=1S/C22H24N4O4S/c1-25-14-21(23-15-25)31(28,29)26-12-19(16-7-4-3-5-8-16)20(13-26)24-22(27)17-9-6-10-18(11-17)30-2/h3-11,14-15,19-20H,12-13H2,1-2H3,(H,24,27)/t19-,20+/m1/s1. The molecule has 3 aromatic rings. The number of ether oxygens (including phenoxy) is 1. The number of aromatic nitrogens is 2. The third-order valence-electron chi connectivity index (χ3n) is 5.45. The lowest BCUT2D eigenvalue weighted by atomic mass is 9.94. The number of sulfonamides is 1. The predicted molar refractivity (Wildman–Crippen MR) is 115 cm³/mol. The van der Waals surface area contributed by atoms with Gasteiger partial charge in [0.2, 0.25) is 0 Å². The van der Waals surface area contributed by atoms with E-state index in [0.717, 1.165) is 5.56 Å². The van der Waals surface area contributed by atoms with Gasteiger partial charge in [-0.3, -0.25) is 4.79 Å². The van der Waals surface area contributed by atoms with Crippen molar-refractivity contribution >= 4 is 15.9 Å². The zero-order valence-electron chi connectivity index (χ0n) is 17.3. The SMILES string of the molecule is COc1cccc(C(=O)N[C@H]2CN(S(=O)(=O)c3cn(C)cn3)C[C@@H]2c2ccccc2)c1. The highest BCUT2D eigenvalue weighted by Gasteiger charge is 2.41. The highest BCUT2D eigenvalue weighted by atomic mass is 32.2. The number of amides is 1. The summed E-state index contributed by atoms with van der Waals surface area (Å²) in [5.41, 5.74) is 1.43. The molecule has 2 atom stereocenters. The zero-order valence-corrected chi connectivity index (χ0v) is 18.1. The molecule has 31 heavy (non-hydrogen) atoms. The predicted octanol–water partition coefficient (Wildman–Crippen LogP) is 2.02. The van der Waals surface area contributed by atoms with Crippen molar-refractivity contribution in [3.63, 3.8) is 0 Å². The molecule has 1 N–H and O–H groups in total. The van der Waals surface area contributed by atoms with Crippen LogP contribution in [0.3, 0.4) is 0 Å². The second-order valence-electron chi connectivity index (χ2n) is 7.53. The van der Waals surface area contributed by atoms with Crippen LogP contribution in [0.2, 0.25) is 0 Å². The molecule has 1 fully saturated rings. The van der Waals surface area contributed by atoms with Crippen molar-refractivity contribution in [1.29, 1.82) is 0 Å². The van der Waals surface area contributed by atoms with E-state index < -0.39 is 10.0 Å². The smallest absolute Gasteiger partial charge is 0.262 e. The van der Waals surface area contributed by atoms with Crippen LogP contribution >= 0.6 is 0 Å². The first-order valence-corrected chi connectivity index (χ1v) is 11.3. The molecule has 0 saturated carbocycles. The Balaban J connectivity index is 1.61. The van der Waals surface area contributed by atoms with Gasteiger partial charge in [-0.2, -0.15) is 4.31 Å². The maximum Gasteiger partial charge on any atom is 0.262 e. The maximum atomic E-state index is 13.1. The largest absolute Gasteiger partial charge is 0.497 e. The van der Waals surface area contributed by atoms with Crippen LogP contribution < -0.4 is 10.1 Å². The molecule has 162 valence electrons. The summed E-state index contributed by atoms with van der Waals surface area (Å²) in [5.74, 6) is 0.120. The van der Waals surface area contributed by atoms with E-state index in [1.165, 1.54) is 16.8 Å². The van der Waals surface area contributed by atoms with E-state index in [2.05, 4.69) is 10.3 Å². The second-order valence-corrected chi connectivity index (χ2v) is 9.41. The van der Waals surface area contributed by atoms with E-state index in [0.29, 0.717) is 11.3 Å². The van der Waals surface area contributed by atoms with Crippen LogP contribution in [-0.4, -0.2) is 54.4 Å². The summed E-state index contributed by atoms with van der Waals surface area (Å²) in [6.07, 6.45) is 2.94. The van der Waals surface area contributed by atoms with E-state index >= 15 is 0 Å². The number of nitrogens with one attached hydrogen (secondary N) is 1. The quantitative estimate of drug-likeness (QED) is 0.633. The minimum Gasteiger partial charge on any atom is -0.497 e. The van der Waals surface area contributed by atoms with E-state index in [-0.39, 0.29) is 36.0 Å². The third kappa shape index (κ3) is 4.33. The Morgan fingerprint density at radius 3 is 2.58 bits per heavy atom. The topological polar surface area (TPSA) is 93.5 Å². The number of carbonyl (C=O) groups is 1. The molecule has 2 aromatic carbocycles. The lowest BCUT2D eigenvalue weighted by molar-refractivity contribution is 0.0935. The fourth-order valence-electron chi connectivity index (χ4n) is 3.82. The van der Waals surface area contributed by atoms with Gasteiger partial charge in [0.05, 0.1) is 19.5 Å². The molecule has 1 amide bonds. The average Bonchev–Trinajstić information content (AvgIpc) is 3.41. The van der Waals surface area contributed by atoms with Gasteiger partial charge in [-0.25, -0.2) is 13.4 Å². The number of imidazole rings is 1. The molecule has 0 radical (unpaired) electrons. The van der Waals surface area contributed by atoms with Crippen molar-refractivity contribution in [1.82, 2.24) is 19.2 Å². The number of carbonyl (C=O) groups excluding carboxylic acids is 1. The molecule has 2 heterocycles. The summed E-state index contributed by atoms with van der Waals surface area (Å²) < 4.78 is 34.5. The van der Waals surface area contributed by atoms with Crippen LogP contribution in [0.5, 0.6) is 5.75 Å². The van der Waals surface area contributed by atoms with Crippen molar-refractivity contribution in [3.8, 4) is 5.75 Å². The molecule has 8 nitrogen and oxygen atoms in total. The van der Waals surface area contributed by atoms with Gasteiger partial charge >= 0.3 is 0 Å². The van der Waals surface area contributed by atoms with Gasteiger partial charge in [0.25, 0.3) is 15.9 Å². The normalized spacial score (nSPS) is 19.3. The molecular formula is C22H24N4O4S. The Labute approximate surface area is 181 Å². The van der Waals surface area contributed by atoms with Gasteiger partial charge in [0, 0.05) is 37.8 Å². The van der Waals surface area contributed by atoms with Crippen LogP contribution in [0.25, 0.3) is 0 Å². The number of hydrogen-bond acceptors (Lipinski definition) is 5. The number of benzene rings is 2. The summed E-state index contributed by atoms with van der Waals surface area (Å²) in [5, 5.41) is 3.03. The molecule has 1 aromatic heterocycles. The van der Waals surface area contributed by atoms with E-state index in [4.69, 9.17) is 4.74 Å². The summed E-state index contributed by atoms with van der Waals surface area (Å²) in [6, 6.07) is 16.1. The highest BCUT2D eigenvalue weighted by Crippen LogP contribution is 2.31. The number of nitrogens with zero attached hydrogens (tertiary/aromatic N) is 3. The molecule has 1 saturated heterocycles. The fraction of sp³-hybridized carbons (Fsp3) is 0.273. The van der Waals surface area contributed by atoms with E-state index in [1.807, 2.05) is 30.3 Å². The number of rotatable bonds is 6. The summed E-state index contributed by atoms with van der Waals surface area (Å²) in [7, 11) is -0.509. The van der Waals surface area contributed by atoms with Crippen LogP contribution in [-0.2, 0) is 17.1 Å². The second kappa shape index (κ2) is 8.52. The first-order chi connectivity index (χ1) is 14.9. The minimum absolute atomic E-state index is 0.00147. The summed E-state index contributed by atoms with van der Waals surface area (Å²) in [6.45, 7) is 0.417. The van der Waals surface area contributed by atoms with Crippen molar-refractivity contribution in [2.75, 3.05) is 20.2 Å². The van der Waals surface area contributed by atoms with Crippen molar-refractivity contribution in [2.45, 2.75) is 17.0 Å². The number of methoxy groups -OCH3 is 1. The van der Waals surface area contributed by atoms with E-state index in [9.17, 15) is 13.2 Å². The molecule has 0 unspecified atom stereocenters. The Morgan fingerprint density at radius 2 is 1.90 bits per heavy atom. The Hall–Kier alpha value is -3.17. The average molecular weight is 441 g/mol. The molecule has 4 rings (SSSR count). The molecule has 0 bridgehead atoms. The summed E-state index contributed by atoms with van der Waals surface area (Å²) >= 11 is 0. The molecule has 1 aliphatic rings. The Bertz CT molecular complexity index is 1180. The van der Waals surface area contributed by atoms with Crippen molar-refractivity contribution in [3.05, 3.63) is 78.2 Å². The number of aryl methyl sites for hydroxylation is 1. The summed E-state index contributed by atoms with van der Waals surface area (Å²) in [4.78, 5) is 16.9. The van der Waals surface area contributed by atoms with Crippen LogP contribution in [0.15, 0.2) is 72.1 Å². The minimum atomic E-state index is -3.77.